The normalized spacial score (nSPS) is 17.8. The molecule has 6 rings (SSSR count). The van der Waals surface area contributed by atoms with Gasteiger partial charge in [-0.3, -0.25) is 14.0 Å². The van der Waals surface area contributed by atoms with Crippen LogP contribution in [-0.4, -0.2) is 49.3 Å². The number of fused-ring (bicyclic) bond motifs is 1. The summed E-state index contributed by atoms with van der Waals surface area (Å²) in [5, 5.41) is 5.42. The third kappa shape index (κ3) is 3.67. The molecule has 2 N–H and O–H groups in total. The number of nitrogens with two attached hydrogens (primary N) is 1. The Labute approximate surface area is 201 Å². The number of hydrogen-bond donors (Lipinski definition) is 1. The molecule has 3 heterocycles. The number of imidazole rings is 1. The second-order valence-electron chi connectivity index (χ2n) is 9.40. The number of halogens is 1. The molecule has 2 aromatic heterocycles. The molecule has 2 aromatic carbocycles. The van der Waals surface area contributed by atoms with Gasteiger partial charge in [0.05, 0.1) is 17.8 Å². The minimum atomic E-state index is -0.610. The van der Waals surface area contributed by atoms with Gasteiger partial charge in [-0.2, -0.15) is 5.10 Å². The van der Waals surface area contributed by atoms with E-state index in [1.165, 1.54) is 12.1 Å². The van der Waals surface area contributed by atoms with Crippen LogP contribution in [0.2, 0.25) is 0 Å². The van der Waals surface area contributed by atoms with Crippen molar-refractivity contribution < 1.29 is 9.18 Å². The molecule has 1 aliphatic carbocycles. The fraction of sp³-hybridized carbons (Fsp3) is 0.308. The summed E-state index contributed by atoms with van der Waals surface area (Å²) in [6.45, 7) is 8.28. The zero-order valence-electron chi connectivity index (χ0n) is 19.3. The molecule has 1 saturated carbocycles. The molecule has 1 atom stereocenters. The van der Waals surface area contributed by atoms with E-state index in [4.69, 9.17) is 17.3 Å². The lowest BCUT2D eigenvalue weighted by Gasteiger charge is -2.16. The summed E-state index contributed by atoms with van der Waals surface area (Å²) in [6.07, 6.45) is 4.63. The van der Waals surface area contributed by atoms with E-state index in [1.54, 1.807) is 15.6 Å². The van der Waals surface area contributed by atoms with Crippen molar-refractivity contribution in [3.05, 3.63) is 71.2 Å². The van der Waals surface area contributed by atoms with Crippen molar-refractivity contribution >= 4 is 22.5 Å². The van der Waals surface area contributed by atoms with Crippen LogP contribution in [0.3, 0.4) is 0 Å². The zero-order chi connectivity index (χ0) is 24.3. The van der Waals surface area contributed by atoms with Crippen LogP contribution in [-0.2, 0) is 7.05 Å². The van der Waals surface area contributed by atoms with E-state index in [1.807, 2.05) is 36.0 Å². The number of aryl methyl sites for hydroxylation is 1. The average molecular weight is 470 g/mol. The van der Waals surface area contributed by atoms with Gasteiger partial charge in [0.1, 0.15) is 11.6 Å². The molecular weight excluding hydrogens is 445 g/mol. The standard InChI is InChI=1S/C26H24FN7O/c1-29-22-7-5-16(12-20(22)27)25-30-23(26(35)33-10-9-18(28)14-33)24(15-3-4-15)34(25)19-6-8-21-17(11-19)13-32(2)31-21/h5-8,11-13,15,18H,3-4,9-10,14,28H2,2H3/t18-/m0/s1. The van der Waals surface area contributed by atoms with Crippen LogP contribution in [0.4, 0.5) is 10.1 Å². The number of carbonyl (C=O) groups is 1. The van der Waals surface area contributed by atoms with Gasteiger partial charge < -0.3 is 10.6 Å². The van der Waals surface area contributed by atoms with Crippen molar-refractivity contribution in [2.45, 2.75) is 31.2 Å². The number of hydrogen-bond acceptors (Lipinski definition) is 4. The van der Waals surface area contributed by atoms with Crippen molar-refractivity contribution in [3.63, 3.8) is 0 Å². The maximum Gasteiger partial charge on any atom is 0.274 e. The van der Waals surface area contributed by atoms with Crippen molar-refractivity contribution in [1.29, 1.82) is 0 Å². The molecule has 4 aromatic rings. The largest absolute Gasteiger partial charge is 0.336 e. The minimum absolute atomic E-state index is 0.0341. The highest BCUT2D eigenvalue weighted by atomic mass is 19.1. The quantitative estimate of drug-likeness (QED) is 0.455. The SMILES string of the molecule is [C-]#[N+]c1ccc(-c2nc(C(=O)N3CC[C@H](N)C3)c(C3CC3)n2-c2ccc3nn(C)cc3c2)cc1F. The molecule has 176 valence electrons. The Morgan fingerprint density at radius 3 is 2.71 bits per heavy atom. The fourth-order valence-corrected chi connectivity index (χ4v) is 4.91. The summed E-state index contributed by atoms with van der Waals surface area (Å²) in [6, 6.07) is 10.3. The lowest BCUT2D eigenvalue weighted by atomic mass is 10.1. The van der Waals surface area contributed by atoms with Crippen LogP contribution in [0.5, 0.6) is 0 Å². The van der Waals surface area contributed by atoms with E-state index < -0.39 is 5.82 Å². The fourth-order valence-electron chi connectivity index (χ4n) is 4.91. The lowest BCUT2D eigenvalue weighted by molar-refractivity contribution is 0.0784. The van der Waals surface area contributed by atoms with Gasteiger partial charge in [0.15, 0.2) is 5.69 Å². The first-order valence-electron chi connectivity index (χ1n) is 11.7. The van der Waals surface area contributed by atoms with Crippen molar-refractivity contribution in [2.24, 2.45) is 12.8 Å². The van der Waals surface area contributed by atoms with Crippen molar-refractivity contribution in [1.82, 2.24) is 24.2 Å². The van der Waals surface area contributed by atoms with Gasteiger partial charge in [-0.05, 0) is 43.5 Å². The number of amides is 1. The molecule has 2 aliphatic rings. The average Bonchev–Trinajstić information content (AvgIpc) is 3.28. The van der Waals surface area contributed by atoms with Gasteiger partial charge in [-0.1, -0.05) is 12.1 Å². The molecule has 0 radical (unpaired) electrons. The molecule has 9 heteroatoms. The van der Waals surface area contributed by atoms with Gasteiger partial charge in [-0.25, -0.2) is 14.2 Å². The molecule has 0 spiro atoms. The van der Waals surface area contributed by atoms with E-state index >= 15 is 0 Å². The Balaban J connectivity index is 1.58. The van der Waals surface area contributed by atoms with Gasteiger partial charge in [-0.15, -0.1) is 0 Å². The topological polar surface area (TPSA) is 86.3 Å². The predicted octanol–water partition coefficient (Wildman–Crippen LogP) is 4.17. The second-order valence-corrected chi connectivity index (χ2v) is 9.40. The third-order valence-electron chi connectivity index (χ3n) is 6.78. The molecule has 1 aliphatic heterocycles. The van der Waals surface area contributed by atoms with E-state index in [-0.39, 0.29) is 23.6 Å². The number of likely N-dealkylation sites (tertiary alicyclic amines) is 1. The van der Waals surface area contributed by atoms with Gasteiger partial charge in [0.2, 0.25) is 5.69 Å². The summed E-state index contributed by atoms with van der Waals surface area (Å²) in [5.74, 6) is -0.0671. The summed E-state index contributed by atoms with van der Waals surface area (Å²) in [4.78, 5) is 23.5. The molecule has 1 saturated heterocycles. The van der Waals surface area contributed by atoms with Gasteiger partial charge >= 0.3 is 0 Å². The Morgan fingerprint density at radius 2 is 2.03 bits per heavy atom. The summed E-state index contributed by atoms with van der Waals surface area (Å²) < 4.78 is 18.4. The second kappa shape index (κ2) is 8.03. The maximum atomic E-state index is 14.7. The molecule has 8 nitrogen and oxygen atoms in total. The van der Waals surface area contributed by atoms with Crippen LogP contribution in [0, 0.1) is 12.4 Å². The monoisotopic (exact) mass is 469 g/mol. The summed E-state index contributed by atoms with van der Waals surface area (Å²) >= 11 is 0. The van der Waals surface area contributed by atoms with E-state index in [0.717, 1.165) is 41.5 Å². The first kappa shape index (κ1) is 21.5. The third-order valence-corrected chi connectivity index (χ3v) is 6.78. The Kier molecular flexibility index (Phi) is 4.93. The van der Waals surface area contributed by atoms with E-state index in [2.05, 4.69) is 9.94 Å². The van der Waals surface area contributed by atoms with Crippen LogP contribution in [0.1, 0.15) is 41.4 Å². The molecule has 1 amide bonds. The van der Waals surface area contributed by atoms with Crippen LogP contribution < -0.4 is 5.73 Å². The minimum Gasteiger partial charge on any atom is -0.336 e. The van der Waals surface area contributed by atoms with Crippen molar-refractivity contribution in [2.75, 3.05) is 13.1 Å². The Hall–Kier alpha value is -4.03. The first-order valence-corrected chi connectivity index (χ1v) is 11.7. The van der Waals surface area contributed by atoms with Crippen LogP contribution in [0.25, 0.3) is 32.8 Å². The van der Waals surface area contributed by atoms with Gasteiger partial charge in [0.25, 0.3) is 5.91 Å². The molecule has 35 heavy (non-hydrogen) atoms. The van der Waals surface area contributed by atoms with Crippen LogP contribution in [0.15, 0.2) is 42.6 Å². The van der Waals surface area contributed by atoms with E-state index in [0.29, 0.717) is 30.2 Å². The highest BCUT2D eigenvalue weighted by molar-refractivity contribution is 5.95. The highest BCUT2D eigenvalue weighted by Gasteiger charge is 2.38. The van der Waals surface area contributed by atoms with Crippen molar-refractivity contribution in [3.8, 4) is 17.1 Å². The highest BCUT2D eigenvalue weighted by Crippen LogP contribution is 2.45. The lowest BCUT2D eigenvalue weighted by Crippen LogP contribution is -2.32. The number of nitrogens with zero attached hydrogens (tertiary/aromatic N) is 6. The number of aromatic nitrogens is 4. The summed E-state index contributed by atoms with van der Waals surface area (Å²) in [7, 11) is 1.87. The molecule has 2 fully saturated rings. The first-order chi connectivity index (χ1) is 16.9. The van der Waals surface area contributed by atoms with Crippen LogP contribution >= 0.6 is 0 Å². The van der Waals surface area contributed by atoms with Gasteiger partial charge in [0, 0.05) is 54.9 Å². The maximum absolute atomic E-state index is 14.7. The Morgan fingerprint density at radius 1 is 1.20 bits per heavy atom. The summed E-state index contributed by atoms with van der Waals surface area (Å²) in [5.41, 5.74) is 9.49. The molecular formula is C26H24FN7O. The molecule has 0 unspecified atom stereocenters. The zero-order valence-corrected chi connectivity index (χ0v) is 19.3. The van der Waals surface area contributed by atoms with E-state index in [9.17, 15) is 9.18 Å². The molecule has 0 bridgehead atoms. The number of rotatable bonds is 4. The smallest absolute Gasteiger partial charge is 0.274 e. The number of carbonyl (C=O) groups excluding carboxylic acids is 1. The predicted molar refractivity (Wildman–Crippen MR) is 130 cm³/mol. The number of benzene rings is 2. The Bertz CT molecular complexity index is 1520.